The fourth-order valence-electron chi connectivity index (χ4n) is 2.76. The summed E-state index contributed by atoms with van der Waals surface area (Å²) in [7, 11) is 0. The van der Waals surface area contributed by atoms with E-state index >= 15 is 0 Å². The van der Waals surface area contributed by atoms with E-state index in [4.69, 9.17) is 0 Å². The Kier molecular flexibility index (Phi) is 4.31. The van der Waals surface area contributed by atoms with Crippen LogP contribution in [0, 0.1) is 6.92 Å². The van der Waals surface area contributed by atoms with Crippen LogP contribution in [0.1, 0.15) is 24.0 Å². The maximum absolute atomic E-state index is 2.53. The number of benzene rings is 2. The molecular weight excluding hydrogens is 262 g/mol. The van der Waals surface area contributed by atoms with E-state index in [0.29, 0.717) is 0 Å². The van der Waals surface area contributed by atoms with Crippen molar-refractivity contribution in [3.8, 4) is 0 Å². The zero-order valence-corrected chi connectivity index (χ0v) is 12.8. The summed E-state index contributed by atoms with van der Waals surface area (Å²) < 4.78 is 0. The van der Waals surface area contributed by atoms with Crippen LogP contribution in [0.2, 0.25) is 0 Å². The van der Waals surface area contributed by atoms with E-state index in [1.54, 1.807) is 0 Å². The molecule has 0 unspecified atom stereocenters. The standard InChI is InChI=1S/C18H21NS/c1-15-7-6-8-16(13-15)14-20-18-10-3-2-9-17(18)19-11-4-5-12-19/h2-3,6-10,13H,4-5,11-12,14H2,1H3. The second kappa shape index (κ2) is 6.36. The van der Waals surface area contributed by atoms with Gasteiger partial charge in [0.05, 0.1) is 5.69 Å². The average molecular weight is 283 g/mol. The Balaban J connectivity index is 1.74. The SMILES string of the molecule is Cc1cccc(CSc2ccccc2N2CCCC2)c1. The first kappa shape index (κ1) is 13.6. The van der Waals surface area contributed by atoms with Gasteiger partial charge in [0, 0.05) is 23.7 Å². The predicted molar refractivity (Wildman–Crippen MR) is 88.6 cm³/mol. The van der Waals surface area contributed by atoms with Crippen molar-refractivity contribution in [1.29, 1.82) is 0 Å². The molecule has 0 saturated carbocycles. The summed E-state index contributed by atoms with van der Waals surface area (Å²) in [6.07, 6.45) is 2.66. The van der Waals surface area contributed by atoms with Crippen molar-refractivity contribution in [1.82, 2.24) is 0 Å². The minimum Gasteiger partial charge on any atom is -0.371 e. The Morgan fingerprint density at radius 3 is 2.60 bits per heavy atom. The highest BCUT2D eigenvalue weighted by molar-refractivity contribution is 7.98. The first-order chi connectivity index (χ1) is 9.83. The van der Waals surface area contributed by atoms with Gasteiger partial charge >= 0.3 is 0 Å². The summed E-state index contributed by atoms with van der Waals surface area (Å²) in [6.45, 7) is 4.58. The van der Waals surface area contributed by atoms with E-state index < -0.39 is 0 Å². The van der Waals surface area contributed by atoms with E-state index in [1.807, 2.05) is 11.8 Å². The van der Waals surface area contributed by atoms with Crippen molar-refractivity contribution in [3.05, 3.63) is 59.7 Å². The molecule has 1 heterocycles. The van der Waals surface area contributed by atoms with Crippen LogP contribution in [0.4, 0.5) is 5.69 Å². The van der Waals surface area contributed by atoms with Crippen molar-refractivity contribution in [2.45, 2.75) is 30.4 Å². The maximum atomic E-state index is 2.53. The summed E-state index contributed by atoms with van der Waals surface area (Å²) in [4.78, 5) is 3.94. The predicted octanol–water partition coefficient (Wildman–Crippen LogP) is 4.89. The molecule has 2 heteroatoms. The Bertz CT molecular complexity index is 573. The lowest BCUT2D eigenvalue weighted by molar-refractivity contribution is 0.949. The molecule has 0 amide bonds. The van der Waals surface area contributed by atoms with Crippen molar-refractivity contribution < 1.29 is 0 Å². The van der Waals surface area contributed by atoms with Crippen molar-refractivity contribution in [2.24, 2.45) is 0 Å². The third-order valence-electron chi connectivity index (χ3n) is 3.79. The number of anilines is 1. The minimum atomic E-state index is 1.05. The Labute approximate surface area is 126 Å². The molecule has 1 saturated heterocycles. The molecule has 2 aromatic rings. The Morgan fingerprint density at radius 2 is 1.80 bits per heavy atom. The van der Waals surface area contributed by atoms with Gasteiger partial charge in [-0.05, 0) is 37.5 Å². The molecule has 1 nitrogen and oxygen atoms in total. The number of para-hydroxylation sites is 1. The van der Waals surface area contributed by atoms with Gasteiger partial charge in [-0.15, -0.1) is 11.8 Å². The van der Waals surface area contributed by atoms with Gasteiger partial charge in [0.25, 0.3) is 0 Å². The number of hydrogen-bond donors (Lipinski definition) is 0. The molecule has 3 rings (SSSR count). The highest BCUT2D eigenvalue weighted by atomic mass is 32.2. The molecule has 1 aliphatic heterocycles. The lowest BCUT2D eigenvalue weighted by atomic mass is 10.2. The van der Waals surface area contributed by atoms with Crippen molar-refractivity contribution >= 4 is 17.4 Å². The number of rotatable bonds is 4. The third kappa shape index (κ3) is 3.18. The smallest absolute Gasteiger partial charge is 0.0504 e. The van der Waals surface area contributed by atoms with E-state index in [0.717, 1.165) is 5.75 Å². The second-order valence-electron chi connectivity index (χ2n) is 5.44. The molecule has 2 aromatic carbocycles. The lowest BCUT2D eigenvalue weighted by Gasteiger charge is -2.21. The molecule has 1 aliphatic rings. The Hall–Kier alpha value is -1.41. The van der Waals surface area contributed by atoms with Crippen LogP contribution in [0.25, 0.3) is 0 Å². The average Bonchev–Trinajstić information content (AvgIpc) is 3.00. The first-order valence-electron chi connectivity index (χ1n) is 7.35. The molecule has 0 bridgehead atoms. The number of thioether (sulfide) groups is 1. The topological polar surface area (TPSA) is 3.24 Å². The van der Waals surface area contributed by atoms with Gasteiger partial charge in [0.15, 0.2) is 0 Å². The molecule has 0 N–H and O–H groups in total. The highest BCUT2D eigenvalue weighted by Gasteiger charge is 2.15. The maximum Gasteiger partial charge on any atom is 0.0504 e. The van der Waals surface area contributed by atoms with Crippen LogP contribution in [-0.4, -0.2) is 13.1 Å². The normalized spacial score (nSPS) is 14.8. The van der Waals surface area contributed by atoms with E-state index in [-0.39, 0.29) is 0 Å². The number of hydrogen-bond acceptors (Lipinski definition) is 2. The molecular formula is C18H21NS. The first-order valence-corrected chi connectivity index (χ1v) is 8.34. The molecule has 0 aliphatic carbocycles. The van der Waals surface area contributed by atoms with Crippen LogP contribution in [0.15, 0.2) is 53.4 Å². The van der Waals surface area contributed by atoms with Crippen LogP contribution >= 0.6 is 11.8 Å². The molecule has 0 aromatic heterocycles. The van der Waals surface area contributed by atoms with Crippen LogP contribution in [-0.2, 0) is 5.75 Å². The van der Waals surface area contributed by atoms with Gasteiger partial charge in [-0.25, -0.2) is 0 Å². The minimum absolute atomic E-state index is 1.05. The zero-order chi connectivity index (χ0) is 13.8. The number of aryl methyl sites for hydroxylation is 1. The molecule has 20 heavy (non-hydrogen) atoms. The zero-order valence-electron chi connectivity index (χ0n) is 12.0. The Morgan fingerprint density at radius 1 is 1.00 bits per heavy atom. The van der Waals surface area contributed by atoms with Crippen LogP contribution in [0.5, 0.6) is 0 Å². The van der Waals surface area contributed by atoms with E-state index in [1.165, 1.54) is 47.6 Å². The summed E-state index contributed by atoms with van der Waals surface area (Å²) in [5, 5.41) is 0. The monoisotopic (exact) mass is 283 g/mol. The van der Waals surface area contributed by atoms with Gasteiger partial charge in [-0.2, -0.15) is 0 Å². The van der Waals surface area contributed by atoms with Gasteiger partial charge in [-0.1, -0.05) is 42.0 Å². The quantitative estimate of drug-likeness (QED) is 0.735. The molecule has 104 valence electrons. The molecule has 0 atom stereocenters. The molecule has 0 radical (unpaired) electrons. The van der Waals surface area contributed by atoms with Crippen LogP contribution in [0.3, 0.4) is 0 Å². The van der Waals surface area contributed by atoms with E-state index in [2.05, 4.69) is 60.4 Å². The molecule has 0 spiro atoms. The highest BCUT2D eigenvalue weighted by Crippen LogP contribution is 2.33. The second-order valence-corrected chi connectivity index (χ2v) is 6.46. The van der Waals surface area contributed by atoms with Crippen molar-refractivity contribution in [2.75, 3.05) is 18.0 Å². The summed E-state index contributed by atoms with van der Waals surface area (Å²) in [6, 6.07) is 17.6. The largest absolute Gasteiger partial charge is 0.371 e. The third-order valence-corrected chi connectivity index (χ3v) is 4.92. The number of nitrogens with zero attached hydrogens (tertiary/aromatic N) is 1. The van der Waals surface area contributed by atoms with Gasteiger partial charge < -0.3 is 4.90 Å². The van der Waals surface area contributed by atoms with Gasteiger partial charge in [-0.3, -0.25) is 0 Å². The fraction of sp³-hybridized carbons (Fsp3) is 0.333. The summed E-state index contributed by atoms with van der Waals surface area (Å²) in [5.41, 5.74) is 4.17. The van der Waals surface area contributed by atoms with Gasteiger partial charge in [0.1, 0.15) is 0 Å². The fourth-order valence-corrected chi connectivity index (χ4v) is 3.78. The van der Waals surface area contributed by atoms with Crippen LogP contribution < -0.4 is 4.90 Å². The lowest BCUT2D eigenvalue weighted by Crippen LogP contribution is -2.18. The van der Waals surface area contributed by atoms with E-state index in [9.17, 15) is 0 Å². The molecule has 1 fully saturated rings. The van der Waals surface area contributed by atoms with Gasteiger partial charge in [0.2, 0.25) is 0 Å². The summed E-state index contributed by atoms with van der Waals surface area (Å²) in [5.74, 6) is 1.05. The summed E-state index contributed by atoms with van der Waals surface area (Å²) >= 11 is 1.95. The van der Waals surface area contributed by atoms with Crippen molar-refractivity contribution in [3.63, 3.8) is 0 Å².